The normalized spacial score (nSPS) is 10.9. The lowest BCUT2D eigenvalue weighted by Gasteiger charge is -2.07. The van der Waals surface area contributed by atoms with Crippen molar-refractivity contribution in [2.24, 2.45) is 5.84 Å². The molecule has 0 aliphatic heterocycles. The van der Waals surface area contributed by atoms with Crippen molar-refractivity contribution < 1.29 is 9.90 Å². The molecule has 0 heterocycles. The molecule has 2 aromatic carbocycles. The number of carbonyl (C=O) groups is 1. The van der Waals surface area contributed by atoms with E-state index < -0.39 is 0 Å². The van der Waals surface area contributed by atoms with Crippen LogP contribution in [0.5, 0.6) is 5.75 Å². The van der Waals surface area contributed by atoms with Gasteiger partial charge < -0.3 is 21.2 Å². The number of benzene rings is 2. The fraction of sp³-hybridized carbons (Fsp3) is 0.0625. The summed E-state index contributed by atoms with van der Waals surface area (Å²) in [5.74, 6) is 5.15. The van der Waals surface area contributed by atoms with Crippen molar-refractivity contribution in [1.82, 2.24) is 5.43 Å². The highest BCUT2D eigenvalue weighted by molar-refractivity contribution is 6.04. The van der Waals surface area contributed by atoms with E-state index in [-0.39, 0.29) is 11.7 Å². The number of hydrazine groups is 1. The Morgan fingerprint density at radius 1 is 1.05 bits per heavy atom. The molecule has 6 nitrogen and oxygen atoms in total. The molecule has 6 N–H and O–H groups in total. The van der Waals surface area contributed by atoms with E-state index in [2.05, 4.69) is 16.1 Å². The number of nitrogens with one attached hydrogen (secondary N) is 3. The third-order valence-corrected chi connectivity index (χ3v) is 2.96. The SMILES string of the molecule is C/C(=C/Nc1ccc(NC(=O)c2ccc(O)cc2)cc1)NN. The predicted molar refractivity (Wildman–Crippen MR) is 87.2 cm³/mol. The summed E-state index contributed by atoms with van der Waals surface area (Å²) in [6.07, 6.45) is 1.74. The topological polar surface area (TPSA) is 99.4 Å². The van der Waals surface area contributed by atoms with Crippen LogP contribution in [0.15, 0.2) is 60.4 Å². The van der Waals surface area contributed by atoms with Gasteiger partial charge in [-0.2, -0.15) is 0 Å². The van der Waals surface area contributed by atoms with Crippen molar-refractivity contribution in [3.05, 3.63) is 66.0 Å². The van der Waals surface area contributed by atoms with Gasteiger partial charge in [0.15, 0.2) is 0 Å². The first kappa shape index (κ1) is 15.4. The zero-order valence-electron chi connectivity index (χ0n) is 12.1. The fourth-order valence-corrected chi connectivity index (χ4v) is 1.70. The van der Waals surface area contributed by atoms with Crippen LogP contribution in [0.4, 0.5) is 11.4 Å². The van der Waals surface area contributed by atoms with Crippen molar-refractivity contribution in [1.29, 1.82) is 0 Å². The standard InChI is InChI=1S/C16H18N4O2/c1-11(20-17)10-18-13-4-6-14(7-5-13)19-16(22)12-2-8-15(21)9-3-12/h2-10,18,20-21H,17H2,1H3,(H,19,22)/b11-10-. The van der Waals surface area contributed by atoms with Gasteiger partial charge in [0.05, 0.1) is 0 Å². The number of anilines is 2. The largest absolute Gasteiger partial charge is 0.508 e. The summed E-state index contributed by atoms with van der Waals surface area (Å²) in [5.41, 5.74) is 5.35. The summed E-state index contributed by atoms with van der Waals surface area (Å²) < 4.78 is 0. The van der Waals surface area contributed by atoms with Gasteiger partial charge in [-0.05, 0) is 55.5 Å². The molecule has 114 valence electrons. The molecule has 0 saturated carbocycles. The summed E-state index contributed by atoms with van der Waals surface area (Å²) in [6, 6.07) is 13.3. The molecule has 0 fully saturated rings. The lowest BCUT2D eigenvalue weighted by atomic mass is 10.2. The average Bonchev–Trinajstić information content (AvgIpc) is 2.54. The van der Waals surface area contributed by atoms with E-state index in [0.29, 0.717) is 11.3 Å². The smallest absolute Gasteiger partial charge is 0.255 e. The average molecular weight is 298 g/mol. The Balaban J connectivity index is 1.99. The maximum Gasteiger partial charge on any atom is 0.255 e. The number of hydrogen-bond acceptors (Lipinski definition) is 5. The minimum Gasteiger partial charge on any atom is -0.508 e. The van der Waals surface area contributed by atoms with Gasteiger partial charge in [-0.15, -0.1) is 0 Å². The van der Waals surface area contributed by atoms with Crippen molar-refractivity contribution in [3.63, 3.8) is 0 Å². The van der Waals surface area contributed by atoms with Gasteiger partial charge in [0.25, 0.3) is 5.91 Å². The van der Waals surface area contributed by atoms with Crippen molar-refractivity contribution in [2.75, 3.05) is 10.6 Å². The Bertz CT molecular complexity index is 664. The lowest BCUT2D eigenvalue weighted by Crippen LogP contribution is -2.19. The number of hydrogen-bond donors (Lipinski definition) is 5. The van der Waals surface area contributed by atoms with E-state index in [1.54, 1.807) is 30.5 Å². The first-order valence-electron chi connectivity index (χ1n) is 6.69. The van der Waals surface area contributed by atoms with Gasteiger partial charge in [0, 0.05) is 28.8 Å². The minimum absolute atomic E-state index is 0.127. The number of amides is 1. The molecule has 0 saturated heterocycles. The molecule has 0 unspecified atom stereocenters. The molecule has 0 aliphatic rings. The second kappa shape index (κ2) is 7.14. The Kier molecular flexibility index (Phi) is 5.00. The second-order valence-corrected chi connectivity index (χ2v) is 4.69. The van der Waals surface area contributed by atoms with E-state index in [0.717, 1.165) is 11.4 Å². The number of phenolic OH excluding ortho intramolecular Hbond substituents is 1. The minimum atomic E-state index is -0.233. The van der Waals surface area contributed by atoms with Crippen LogP contribution in [0.2, 0.25) is 0 Å². The first-order valence-corrected chi connectivity index (χ1v) is 6.69. The highest BCUT2D eigenvalue weighted by Crippen LogP contribution is 2.16. The van der Waals surface area contributed by atoms with Crippen LogP contribution in [0, 0.1) is 0 Å². The fourth-order valence-electron chi connectivity index (χ4n) is 1.70. The second-order valence-electron chi connectivity index (χ2n) is 4.69. The molecule has 0 aliphatic carbocycles. The number of aromatic hydroxyl groups is 1. The molecule has 0 radical (unpaired) electrons. The van der Waals surface area contributed by atoms with Crippen LogP contribution in [0.25, 0.3) is 0 Å². The lowest BCUT2D eigenvalue weighted by molar-refractivity contribution is 0.102. The van der Waals surface area contributed by atoms with Crippen molar-refractivity contribution in [3.8, 4) is 5.75 Å². The number of allylic oxidation sites excluding steroid dienone is 1. The van der Waals surface area contributed by atoms with Gasteiger partial charge in [0.2, 0.25) is 0 Å². The van der Waals surface area contributed by atoms with Crippen LogP contribution >= 0.6 is 0 Å². The van der Waals surface area contributed by atoms with Crippen LogP contribution in [0.1, 0.15) is 17.3 Å². The highest BCUT2D eigenvalue weighted by atomic mass is 16.3. The number of phenols is 1. The van der Waals surface area contributed by atoms with E-state index in [4.69, 9.17) is 5.84 Å². The Hall–Kier alpha value is -2.99. The summed E-state index contributed by atoms with van der Waals surface area (Å²) in [6.45, 7) is 1.83. The zero-order chi connectivity index (χ0) is 15.9. The number of carbonyl (C=O) groups excluding carboxylic acids is 1. The van der Waals surface area contributed by atoms with E-state index in [1.165, 1.54) is 12.1 Å². The first-order chi connectivity index (χ1) is 10.6. The van der Waals surface area contributed by atoms with E-state index in [9.17, 15) is 9.90 Å². The molecular weight excluding hydrogens is 280 g/mol. The van der Waals surface area contributed by atoms with Crippen LogP contribution < -0.4 is 21.9 Å². The molecule has 0 atom stereocenters. The Morgan fingerprint density at radius 3 is 2.23 bits per heavy atom. The molecule has 1 amide bonds. The van der Waals surface area contributed by atoms with E-state index >= 15 is 0 Å². The molecule has 0 bridgehead atoms. The van der Waals surface area contributed by atoms with Crippen molar-refractivity contribution in [2.45, 2.75) is 6.92 Å². The summed E-state index contributed by atoms with van der Waals surface area (Å²) in [4.78, 5) is 12.0. The van der Waals surface area contributed by atoms with Gasteiger partial charge in [0.1, 0.15) is 5.75 Å². The van der Waals surface area contributed by atoms with Gasteiger partial charge in [-0.3, -0.25) is 10.6 Å². The maximum atomic E-state index is 12.0. The molecular formula is C16H18N4O2. The van der Waals surface area contributed by atoms with Gasteiger partial charge in [-0.1, -0.05) is 0 Å². The molecule has 2 rings (SSSR count). The van der Waals surface area contributed by atoms with Crippen LogP contribution in [-0.2, 0) is 0 Å². The quantitative estimate of drug-likeness (QED) is 0.431. The Morgan fingerprint density at radius 2 is 1.64 bits per heavy atom. The maximum absolute atomic E-state index is 12.0. The third-order valence-electron chi connectivity index (χ3n) is 2.96. The third kappa shape index (κ3) is 4.26. The van der Waals surface area contributed by atoms with Gasteiger partial charge >= 0.3 is 0 Å². The molecule has 0 spiro atoms. The monoisotopic (exact) mass is 298 g/mol. The number of nitrogens with two attached hydrogens (primary N) is 1. The number of rotatable bonds is 5. The Labute approximate surface area is 128 Å². The van der Waals surface area contributed by atoms with Crippen LogP contribution in [0.3, 0.4) is 0 Å². The van der Waals surface area contributed by atoms with Gasteiger partial charge in [-0.25, -0.2) is 0 Å². The predicted octanol–water partition coefficient (Wildman–Crippen LogP) is 2.38. The molecule has 2 aromatic rings. The summed E-state index contributed by atoms with van der Waals surface area (Å²) in [7, 11) is 0. The molecule has 0 aromatic heterocycles. The van der Waals surface area contributed by atoms with Crippen LogP contribution in [-0.4, -0.2) is 11.0 Å². The van der Waals surface area contributed by atoms with Crippen molar-refractivity contribution >= 4 is 17.3 Å². The molecule has 6 heteroatoms. The highest BCUT2D eigenvalue weighted by Gasteiger charge is 2.05. The summed E-state index contributed by atoms with van der Waals surface area (Å²) in [5, 5.41) is 15.1. The summed E-state index contributed by atoms with van der Waals surface area (Å²) >= 11 is 0. The molecule has 22 heavy (non-hydrogen) atoms. The zero-order valence-corrected chi connectivity index (χ0v) is 12.1. The van der Waals surface area contributed by atoms with E-state index in [1.807, 2.05) is 19.1 Å².